The smallest absolute Gasteiger partial charge is 0.187 e. The predicted octanol–water partition coefficient (Wildman–Crippen LogP) is -3.24. The van der Waals surface area contributed by atoms with Gasteiger partial charge in [0.15, 0.2) is 6.29 Å². The number of nitriles is 1. The van der Waals surface area contributed by atoms with Crippen molar-refractivity contribution in [2.24, 2.45) is 0 Å². The Morgan fingerprint density at radius 1 is 1.16 bits per heavy atom. The maximum Gasteiger partial charge on any atom is 0.187 e. The molecule has 0 aromatic rings. The van der Waals surface area contributed by atoms with Crippen LogP contribution in [-0.4, -0.2) is 99.5 Å². The van der Waals surface area contributed by atoms with Crippen LogP contribution in [0, 0.1) is 11.3 Å². The molecule has 4 unspecified atom stereocenters. The summed E-state index contributed by atoms with van der Waals surface area (Å²) in [4.78, 5) is 0. The fourth-order valence-corrected chi connectivity index (χ4v) is 3.04. The second-order valence-electron chi connectivity index (χ2n) is 6.04. The maximum absolute atomic E-state index is 10.2. The summed E-state index contributed by atoms with van der Waals surface area (Å²) in [5, 5.41) is 67.9. The van der Waals surface area contributed by atoms with Gasteiger partial charge >= 0.3 is 0 Å². The molecule has 2 rings (SSSR count). The Labute approximate surface area is 144 Å². The normalized spacial score (nSPS) is 46.8. The van der Waals surface area contributed by atoms with Gasteiger partial charge in [0.05, 0.1) is 24.9 Å². The summed E-state index contributed by atoms with van der Waals surface area (Å²) in [6.07, 6.45) is -10.7. The number of ether oxygens (including phenoxy) is 3. The van der Waals surface area contributed by atoms with Crippen LogP contribution in [0.25, 0.3) is 0 Å². The van der Waals surface area contributed by atoms with E-state index in [1.165, 1.54) is 7.11 Å². The first-order valence-electron chi connectivity index (χ1n) is 7.80. The standard InChI is InChI=1S/C15H23NO9/c1-23-8-4-7(6(2-3-16)10(18)11(8)19)24-15-14(22)13(21)12(20)9(5-17)25-15/h2,7-15,17-22H,4-5H2,1H3/b6-2+/t7?,8?,9-,10?,11?,12-,13+,14-,15-/m1/s1. The van der Waals surface area contributed by atoms with Crippen LogP contribution >= 0.6 is 0 Å². The van der Waals surface area contributed by atoms with Gasteiger partial charge in [-0.3, -0.25) is 0 Å². The summed E-state index contributed by atoms with van der Waals surface area (Å²) in [6, 6.07) is 1.75. The minimum Gasteiger partial charge on any atom is -0.394 e. The highest BCUT2D eigenvalue weighted by Crippen LogP contribution is 2.32. The van der Waals surface area contributed by atoms with Crippen LogP contribution in [-0.2, 0) is 14.2 Å². The third-order valence-corrected chi connectivity index (χ3v) is 4.54. The van der Waals surface area contributed by atoms with Crippen LogP contribution in [0.4, 0.5) is 0 Å². The lowest BCUT2D eigenvalue weighted by atomic mass is 9.84. The zero-order valence-corrected chi connectivity index (χ0v) is 13.5. The van der Waals surface area contributed by atoms with Crippen molar-refractivity contribution in [1.82, 2.24) is 0 Å². The number of aliphatic hydroxyl groups is 6. The Morgan fingerprint density at radius 2 is 1.84 bits per heavy atom. The van der Waals surface area contributed by atoms with Crippen molar-refractivity contribution >= 4 is 0 Å². The lowest BCUT2D eigenvalue weighted by Gasteiger charge is -2.43. The molecule has 1 saturated carbocycles. The van der Waals surface area contributed by atoms with Crippen molar-refractivity contribution < 1.29 is 44.8 Å². The van der Waals surface area contributed by atoms with Crippen LogP contribution in [0.15, 0.2) is 11.6 Å². The van der Waals surface area contributed by atoms with Crippen LogP contribution < -0.4 is 0 Å². The van der Waals surface area contributed by atoms with Gasteiger partial charge < -0.3 is 44.8 Å². The van der Waals surface area contributed by atoms with Gasteiger partial charge in [0.2, 0.25) is 0 Å². The zero-order valence-electron chi connectivity index (χ0n) is 13.5. The van der Waals surface area contributed by atoms with Crippen LogP contribution in [0.2, 0.25) is 0 Å². The zero-order chi connectivity index (χ0) is 18.7. The fourth-order valence-electron chi connectivity index (χ4n) is 3.04. The molecule has 142 valence electrons. The molecule has 1 saturated heterocycles. The molecular formula is C15H23NO9. The number of rotatable bonds is 4. The molecule has 0 aromatic heterocycles. The molecule has 2 aliphatic rings. The van der Waals surface area contributed by atoms with E-state index in [0.29, 0.717) is 0 Å². The molecule has 9 atom stereocenters. The predicted molar refractivity (Wildman–Crippen MR) is 79.8 cm³/mol. The molecule has 1 heterocycles. The number of nitrogens with zero attached hydrogens (tertiary/aromatic N) is 1. The van der Waals surface area contributed by atoms with Gasteiger partial charge in [-0.2, -0.15) is 5.26 Å². The van der Waals surface area contributed by atoms with Crippen LogP contribution in [0.1, 0.15) is 6.42 Å². The summed E-state index contributed by atoms with van der Waals surface area (Å²) in [5.41, 5.74) is 0.0697. The highest BCUT2D eigenvalue weighted by Gasteiger charge is 2.47. The Balaban J connectivity index is 2.20. The van der Waals surface area contributed by atoms with E-state index in [1.54, 1.807) is 6.07 Å². The molecule has 25 heavy (non-hydrogen) atoms. The van der Waals surface area contributed by atoms with Crippen molar-refractivity contribution in [2.75, 3.05) is 13.7 Å². The summed E-state index contributed by atoms with van der Waals surface area (Å²) in [6.45, 7) is -0.613. The number of methoxy groups -OCH3 is 1. The van der Waals surface area contributed by atoms with Gasteiger partial charge in [-0.1, -0.05) is 0 Å². The fraction of sp³-hybridized carbons (Fsp3) is 0.800. The molecule has 0 radical (unpaired) electrons. The third-order valence-electron chi connectivity index (χ3n) is 4.54. The molecule has 1 aliphatic heterocycles. The molecule has 1 aliphatic carbocycles. The highest BCUT2D eigenvalue weighted by molar-refractivity contribution is 5.26. The van der Waals surface area contributed by atoms with E-state index in [2.05, 4.69) is 0 Å². The average molecular weight is 361 g/mol. The molecule has 10 heteroatoms. The third kappa shape index (κ3) is 4.01. The van der Waals surface area contributed by atoms with Crippen molar-refractivity contribution in [3.8, 4) is 6.07 Å². The molecule has 0 bridgehead atoms. The summed E-state index contributed by atoms with van der Waals surface area (Å²) in [5.74, 6) is 0. The van der Waals surface area contributed by atoms with E-state index in [4.69, 9.17) is 19.5 Å². The average Bonchev–Trinajstić information content (AvgIpc) is 2.61. The summed E-state index contributed by atoms with van der Waals surface area (Å²) >= 11 is 0. The Kier molecular flexibility index (Phi) is 6.86. The first-order chi connectivity index (χ1) is 11.8. The minimum absolute atomic E-state index is 0.0528. The lowest BCUT2D eigenvalue weighted by molar-refractivity contribution is -0.312. The Morgan fingerprint density at radius 3 is 2.40 bits per heavy atom. The molecule has 0 amide bonds. The number of aliphatic hydroxyl groups excluding tert-OH is 6. The van der Waals surface area contributed by atoms with Gasteiger partial charge in [0, 0.05) is 25.2 Å². The molecule has 0 spiro atoms. The van der Waals surface area contributed by atoms with Gasteiger partial charge in [0.25, 0.3) is 0 Å². The van der Waals surface area contributed by atoms with E-state index in [-0.39, 0.29) is 12.0 Å². The highest BCUT2D eigenvalue weighted by atomic mass is 16.7. The Bertz CT molecular complexity index is 520. The maximum atomic E-state index is 10.2. The van der Waals surface area contributed by atoms with E-state index < -0.39 is 61.7 Å². The van der Waals surface area contributed by atoms with Gasteiger partial charge in [-0.05, 0) is 0 Å². The lowest BCUT2D eigenvalue weighted by Crippen LogP contribution is -2.60. The first kappa shape index (κ1) is 20.2. The Hall–Kier alpha value is -1.13. The molecule has 0 aromatic carbocycles. The van der Waals surface area contributed by atoms with Crippen molar-refractivity contribution in [2.45, 2.75) is 61.5 Å². The second kappa shape index (κ2) is 8.50. The number of hydrogen-bond donors (Lipinski definition) is 6. The van der Waals surface area contributed by atoms with Crippen molar-refractivity contribution in [3.63, 3.8) is 0 Å². The quantitative estimate of drug-likeness (QED) is 0.279. The largest absolute Gasteiger partial charge is 0.394 e. The van der Waals surface area contributed by atoms with Gasteiger partial charge in [-0.25, -0.2) is 0 Å². The van der Waals surface area contributed by atoms with E-state index in [0.717, 1.165) is 6.08 Å². The van der Waals surface area contributed by atoms with Gasteiger partial charge in [0.1, 0.15) is 36.6 Å². The monoisotopic (exact) mass is 361 g/mol. The van der Waals surface area contributed by atoms with E-state index in [9.17, 15) is 30.6 Å². The summed E-state index contributed by atoms with van der Waals surface area (Å²) in [7, 11) is 1.34. The van der Waals surface area contributed by atoms with Crippen molar-refractivity contribution in [3.05, 3.63) is 11.6 Å². The van der Waals surface area contributed by atoms with E-state index in [1.807, 2.05) is 0 Å². The number of allylic oxidation sites excluding steroid dienone is 1. The topological polar surface area (TPSA) is 173 Å². The second-order valence-corrected chi connectivity index (χ2v) is 6.04. The molecule has 10 nitrogen and oxygen atoms in total. The molecular weight excluding hydrogens is 338 g/mol. The van der Waals surface area contributed by atoms with Gasteiger partial charge in [-0.15, -0.1) is 0 Å². The minimum atomic E-state index is -1.62. The number of hydrogen-bond acceptors (Lipinski definition) is 10. The molecule has 6 N–H and O–H groups in total. The van der Waals surface area contributed by atoms with Crippen LogP contribution in [0.5, 0.6) is 0 Å². The summed E-state index contributed by atoms with van der Waals surface area (Å²) < 4.78 is 15.9. The first-order valence-corrected chi connectivity index (χ1v) is 7.80. The SMILES string of the molecule is COC1CC(O[C@@H]2O[C@H](CO)[C@@H](O)[C@H](O)[C@H]2O)/C(=C\C#N)C(O)C1O. The van der Waals surface area contributed by atoms with Crippen molar-refractivity contribution in [1.29, 1.82) is 5.26 Å². The molecule has 2 fully saturated rings. The van der Waals surface area contributed by atoms with E-state index >= 15 is 0 Å². The van der Waals surface area contributed by atoms with Crippen LogP contribution in [0.3, 0.4) is 0 Å².